The number of para-hydroxylation sites is 1. The molecule has 2 aromatic heterocycles. The molecule has 0 radical (unpaired) electrons. The van der Waals surface area contributed by atoms with Crippen LogP contribution in [-0.2, 0) is 0 Å². The van der Waals surface area contributed by atoms with E-state index in [-0.39, 0.29) is 0 Å². The summed E-state index contributed by atoms with van der Waals surface area (Å²) in [6.45, 7) is 3.97. The lowest BCUT2D eigenvalue weighted by Gasteiger charge is -2.09. The second-order valence-electron chi connectivity index (χ2n) is 10.9. The zero-order valence-electron chi connectivity index (χ0n) is 24.4. The molecule has 0 aliphatic carbocycles. The third kappa shape index (κ3) is 4.98. The van der Waals surface area contributed by atoms with Crippen molar-refractivity contribution in [1.82, 2.24) is 15.0 Å². The second kappa shape index (κ2) is 11.2. The predicted octanol–water partition coefficient (Wildman–Crippen LogP) is 10.7. The van der Waals surface area contributed by atoms with Crippen molar-refractivity contribution in [2.24, 2.45) is 0 Å². The normalized spacial score (nSPS) is 11.6. The summed E-state index contributed by atoms with van der Waals surface area (Å²) in [4.78, 5) is 15.0. The lowest BCUT2D eigenvalue weighted by atomic mass is 10.00. The van der Waals surface area contributed by atoms with Crippen molar-refractivity contribution < 1.29 is 4.42 Å². The Kier molecular flexibility index (Phi) is 6.58. The molecular weight excluding hydrogens is 550 g/mol. The first-order valence-electron chi connectivity index (χ1n) is 14.9. The predicted molar refractivity (Wildman–Crippen MR) is 186 cm³/mol. The maximum absolute atomic E-state index is 6.19. The molecule has 0 unspecified atom stereocenters. The Labute approximate surface area is 260 Å². The quantitative estimate of drug-likeness (QED) is 0.197. The van der Waals surface area contributed by atoms with Gasteiger partial charge in [0.25, 0.3) is 0 Å². The van der Waals surface area contributed by atoms with Crippen LogP contribution >= 0.6 is 0 Å². The molecular formula is C41H27N3O. The number of furan rings is 1. The first-order valence-corrected chi connectivity index (χ1v) is 14.9. The Hall–Kier alpha value is -6.13. The maximum atomic E-state index is 6.19. The highest BCUT2D eigenvalue weighted by Crippen LogP contribution is 2.36. The van der Waals surface area contributed by atoms with Gasteiger partial charge >= 0.3 is 0 Å². The fraction of sp³-hybridized carbons (Fsp3) is 0. The molecule has 0 spiro atoms. The highest BCUT2D eigenvalue weighted by Gasteiger charge is 2.16. The van der Waals surface area contributed by atoms with Crippen LogP contribution in [0.2, 0.25) is 0 Å². The minimum absolute atomic E-state index is 0.568. The van der Waals surface area contributed by atoms with Crippen molar-refractivity contribution in [2.45, 2.75) is 0 Å². The molecule has 0 atom stereocenters. The van der Waals surface area contributed by atoms with Crippen LogP contribution in [0.4, 0.5) is 0 Å². The summed E-state index contributed by atoms with van der Waals surface area (Å²) in [5.41, 5.74) is 7.92. The molecule has 212 valence electrons. The van der Waals surface area contributed by atoms with E-state index in [1.807, 2.05) is 72.8 Å². The van der Waals surface area contributed by atoms with E-state index in [4.69, 9.17) is 19.4 Å². The van der Waals surface area contributed by atoms with Crippen molar-refractivity contribution in [3.05, 3.63) is 157 Å². The summed E-state index contributed by atoms with van der Waals surface area (Å²) in [5.74, 6) is 1.77. The van der Waals surface area contributed by atoms with E-state index in [9.17, 15) is 0 Å². The van der Waals surface area contributed by atoms with Gasteiger partial charge in [0.2, 0.25) is 0 Å². The minimum Gasteiger partial charge on any atom is -0.456 e. The van der Waals surface area contributed by atoms with Crippen LogP contribution in [0.15, 0.2) is 144 Å². The lowest BCUT2D eigenvalue weighted by Crippen LogP contribution is -2.00. The molecule has 0 fully saturated rings. The van der Waals surface area contributed by atoms with Crippen LogP contribution in [0.1, 0.15) is 17.0 Å². The number of rotatable bonds is 6. The van der Waals surface area contributed by atoms with E-state index >= 15 is 0 Å². The molecule has 4 heteroatoms. The Balaban J connectivity index is 1.29. The SMILES string of the molecule is C=Cc1ccccc1/C=C/c1nc(-c2ccc3cc(-c4ccccc4)ccc3c2)nc(-c2cccc3oc4ccccc4c23)n1. The lowest BCUT2D eigenvalue weighted by molar-refractivity contribution is 0.669. The summed E-state index contributed by atoms with van der Waals surface area (Å²) >= 11 is 0. The summed E-state index contributed by atoms with van der Waals surface area (Å²) in [5, 5.41) is 4.30. The third-order valence-corrected chi connectivity index (χ3v) is 8.13. The van der Waals surface area contributed by atoms with Crippen molar-refractivity contribution in [1.29, 1.82) is 0 Å². The molecule has 0 saturated heterocycles. The van der Waals surface area contributed by atoms with Crippen molar-refractivity contribution in [3.8, 4) is 33.9 Å². The first-order chi connectivity index (χ1) is 22.2. The number of hydrogen-bond acceptors (Lipinski definition) is 4. The molecule has 0 saturated carbocycles. The standard InChI is InChI=1S/C41H27N3O/c1-2-27-11-6-7-14-29(27)23-24-38-42-40(33-22-21-31-25-30(19-20-32(31)26-33)28-12-4-3-5-13-28)44-41(43-38)35-16-10-18-37-39(35)34-15-8-9-17-36(34)45-37/h2-26H,1H2/b24-23+. The highest BCUT2D eigenvalue weighted by atomic mass is 16.3. The summed E-state index contributed by atoms with van der Waals surface area (Å²) < 4.78 is 6.19. The Morgan fingerprint density at radius 2 is 1.20 bits per heavy atom. The fourth-order valence-corrected chi connectivity index (χ4v) is 5.89. The maximum Gasteiger partial charge on any atom is 0.164 e. The van der Waals surface area contributed by atoms with Crippen LogP contribution in [0.3, 0.4) is 0 Å². The van der Waals surface area contributed by atoms with E-state index in [1.165, 1.54) is 11.1 Å². The Bertz CT molecular complexity index is 2400. The topological polar surface area (TPSA) is 51.8 Å². The highest BCUT2D eigenvalue weighted by molar-refractivity contribution is 6.11. The van der Waals surface area contributed by atoms with Gasteiger partial charge in [-0.15, -0.1) is 0 Å². The van der Waals surface area contributed by atoms with E-state index in [2.05, 4.69) is 85.4 Å². The van der Waals surface area contributed by atoms with Gasteiger partial charge in [-0.2, -0.15) is 0 Å². The summed E-state index contributed by atoms with van der Waals surface area (Å²) in [6.07, 6.45) is 5.82. The van der Waals surface area contributed by atoms with Crippen LogP contribution in [0.5, 0.6) is 0 Å². The average molecular weight is 578 g/mol. The molecule has 0 N–H and O–H groups in total. The molecule has 45 heavy (non-hydrogen) atoms. The Morgan fingerprint density at radius 1 is 0.511 bits per heavy atom. The Morgan fingerprint density at radius 3 is 2.04 bits per heavy atom. The van der Waals surface area contributed by atoms with E-state index < -0.39 is 0 Å². The van der Waals surface area contributed by atoms with Crippen LogP contribution in [0, 0.1) is 0 Å². The van der Waals surface area contributed by atoms with Gasteiger partial charge in [0.15, 0.2) is 17.5 Å². The van der Waals surface area contributed by atoms with E-state index in [1.54, 1.807) is 0 Å². The smallest absolute Gasteiger partial charge is 0.164 e. The molecule has 6 aromatic carbocycles. The number of benzene rings is 6. The number of hydrogen-bond donors (Lipinski definition) is 0. The second-order valence-corrected chi connectivity index (χ2v) is 10.9. The van der Waals surface area contributed by atoms with E-state index in [0.717, 1.165) is 55.0 Å². The van der Waals surface area contributed by atoms with Gasteiger partial charge in [0.1, 0.15) is 11.2 Å². The average Bonchev–Trinajstić information content (AvgIpc) is 3.50. The van der Waals surface area contributed by atoms with Gasteiger partial charge in [0.05, 0.1) is 0 Å². The number of fused-ring (bicyclic) bond motifs is 4. The van der Waals surface area contributed by atoms with Crippen LogP contribution in [0.25, 0.3) is 84.8 Å². The first kappa shape index (κ1) is 26.5. The van der Waals surface area contributed by atoms with Crippen molar-refractivity contribution in [3.63, 3.8) is 0 Å². The molecule has 0 bridgehead atoms. The molecule has 8 rings (SSSR count). The zero-order chi connectivity index (χ0) is 30.2. The summed E-state index contributed by atoms with van der Waals surface area (Å²) in [6, 6.07) is 45.6. The molecule has 4 nitrogen and oxygen atoms in total. The third-order valence-electron chi connectivity index (χ3n) is 8.13. The summed E-state index contributed by atoms with van der Waals surface area (Å²) in [7, 11) is 0. The zero-order valence-corrected chi connectivity index (χ0v) is 24.4. The molecule has 0 aliphatic rings. The molecule has 8 aromatic rings. The fourth-order valence-electron chi connectivity index (χ4n) is 5.89. The van der Waals surface area contributed by atoms with Gasteiger partial charge in [-0.05, 0) is 63.4 Å². The van der Waals surface area contributed by atoms with Crippen molar-refractivity contribution in [2.75, 3.05) is 0 Å². The monoisotopic (exact) mass is 577 g/mol. The minimum atomic E-state index is 0.568. The molecule has 0 aliphatic heterocycles. The van der Waals surface area contributed by atoms with Crippen LogP contribution in [-0.4, -0.2) is 15.0 Å². The van der Waals surface area contributed by atoms with Gasteiger partial charge in [0, 0.05) is 21.9 Å². The van der Waals surface area contributed by atoms with Gasteiger partial charge < -0.3 is 4.42 Å². The number of aromatic nitrogens is 3. The van der Waals surface area contributed by atoms with Crippen molar-refractivity contribution >= 4 is 50.9 Å². The van der Waals surface area contributed by atoms with Gasteiger partial charge in [-0.3, -0.25) is 0 Å². The number of nitrogens with zero attached hydrogens (tertiary/aromatic N) is 3. The molecule has 0 amide bonds. The van der Waals surface area contributed by atoms with Gasteiger partial charge in [-0.25, -0.2) is 15.0 Å². The van der Waals surface area contributed by atoms with E-state index in [0.29, 0.717) is 17.5 Å². The van der Waals surface area contributed by atoms with Gasteiger partial charge in [-0.1, -0.05) is 128 Å². The largest absolute Gasteiger partial charge is 0.456 e. The van der Waals surface area contributed by atoms with Crippen LogP contribution < -0.4 is 0 Å². The molecule has 2 heterocycles.